The van der Waals surface area contributed by atoms with Crippen molar-refractivity contribution in [1.29, 1.82) is 0 Å². The Bertz CT molecular complexity index is 522. The number of pyridine rings is 1. The number of halogens is 3. The summed E-state index contributed by atoms with van der Waals surface area (Å²) in [5.74, 6) is -0.615. The molecule has 1 aliphatic carbocycles. The molecular weight excluding hydrogens is 299 g/mol. The Hall–Kier alpha value is -1.83. The van der Waals surface area contributed by atoms with Gasteiger partial charge in [-0.1, -0.05) is 6.42 Å². The van der Waals surface area contributed by atoms with Gasteiger partial charge in [0.15, 0.2) is 6.61 Å². The number of nitrogens with two attached hydrogens (primary N) is 1. The highest BCUT2D eigenvalue weighted by molar-refractivity contribution is 5.96. The van der Waals surface area contributed by atoms with Crippen LogP contribution in [-0.4, -0.2) is 36.3 Å². The molecule has 8 heteroatoms. The predicted molar refractivity (Wildman–Crippen MR) is 73.4 cm³/mol. The van der Waals surface area contributed by atoms with E-state index in [4.69, 9.17) is 5.73 Å². The van der Waals surface area contributed by atoms with E-state index in [0.29, 0.717) is 6.54 Å². The van der Waals surface area contributed by atoms with Crippen LogP contribution in [0, 0.1) is 5.92 Å². The highest BCUT2D eigenvalue weighted by Gasteiger charge is 2.31. The zero-order chi connectivity index (χ0) is 16.2. The zero-order valence-corrected chi connectivity index (χ0v) is 11.9. The molecular formula is C14H18F3N3O2. The Morgan fingerprint density at radius 3 is 2.91 bits per heavy atom. The van der Waals surface area contributed by atoms with Gasteiger partial charge in [0.1, 0.15) is 5.56 Å². The molecule has 0 bridgehead atoms. The maximum Gasteiger partial charge on any atom is 0.422 e. The summed E-state index contributed by atoms with van der Waals surface area (Å²) in [4.78, 5) is 16.0. The third-order valence-corrected chi connectivity index (χ3v) is 3.67. The minimum Gasteiger partial charge on any atom is -0.467 e. The summed E-state index contributed by atoms with van der Waals surface area (Å²) in [5.41, 5.74) is 5.65. The van der Waals surface area contributed by atoms with Crippen LogP contribution in [0.2, 0.25) is 0 Å². The zero-order valence-electron chi connectivity index (χ0n) is 11.9. The molecule has 22 heavy (non-hydrogen) atoms. The fourth-order valence-corrected chi connectivity index (χ4v) is 2.58. The van der Waals surface area contributed by atoms with Gasteiger partial charge in [-0.25, -0.2) is 4.98 Å². The molecule has 1 saturated carbocycles. The molecule has 1 aromatic rings. The fourth-order valence-electron chi connectivity index (χ4n) is 2.58. The Morgan fingerprint density at radius 1 is 1.45 bits per heavy atom. The van der Waals surface area contributed by atoms with E-state index < -0.39 is 18.7 Å². The van der Waals surface area contributed by atoms with E-state index in [-0.39, 0.29) is 23.4 Å². The van der Waals surface area contributed by atoms with Crippen LogP contribution < -0.4 is 15.8 Å². The van der Waals surface area contributed by atoms with Crippen LogP contribution in [0.15, 0.2) is 18.3 Å². The number of carbonyl (C=O) groups excluding carboxylic acids is 1. The van der Waals surface area contributed by atoms with E-state index in [1.165, 1.54) is 18.3 Å². The van der Waals surface area contributed by atoms with Crippen LogP contribution in [0.25, 0.3) is 0 Å². The number of nitrogens with zero attached hydrogens (tertiary/aromatic N) is 1. The number of carbonyl (C=O) groups is 1. The van der Waals surface area contributed by atoms with Crippen molar-refractivity contribution < 1.29 is 22.7 Å². The largest absolute Gasteiger partial charge is 0.467 e. The van der Waals surface area contributed by atoms with Crippen LogP contribution in [0.4, 0.5) is 13.2 Å². The first-order valence-corrected chi connectivity index (χ1v) is 7.06. The van der Waals surface area contributed by atoms with Crippen LogP contribution >= 0.6 is 0 Å². The lowest BCUT2D eigenvalue weighted by Crippen LogP contribution is -2.40. The summed E-state index contributed by atoms with van der Waals surface area (Å²) in [6.07, 6.45) is -0.488. The van der Waals surface area contributed by atoms with Gasteiger partial charge in [0, 0.05) is 12.2 Å². The molecule has 2 rings (SSSR count). The van der Waals surface area contributed by atoms with Crippen LogP contribution in [-0.2, 0) is 0 Å². The standard InChI is InChI=1S/C14H18F3N3O2/c15-14(16,17)8-22-13-10(4-2-6-19-13)12(21)20-11-5-1-3-9(11)7-18/h2,4,6,9,11H,1,3,5,7-8,18H2,(H,20,21). The van der Waals surface area contributed by atoms with E-state index in [2.05, 4.69) is 15.0 Å². The number of alkyl halides is 3. The Balaban J connectivity index is 2.06. The summed E-state index contributed by atoms with van der Waals surface area (Å²) in [7, 11) is 0. The van der Waals surface area contributed by atoms with E-state index >= 15 is 0 Å². The summed E-state index contributed by atoms with van der Waals surface area (Å²) in [6.45, 7) is -1.02. The van der Waals surface area contributed by atoms with E-state index in [1.54, 1.807) is 0 Å². The molecule has 1 aromatic heterocycles. The van der Waals surface area contributed by atoms with Gasteiger partial charge in [-0.3, -0.25) is 4.79 Å². The van der Waals surface area contributed by atoms with Crippen molar-refractivity contribution in [2.75, 3.05) is 13.2 Å². The quantitative estimate of drug-likeness (QED) is 0.869. The van der Waals surface area contributed by atoms with Crippen molar-refractivity contribution >= 4 is 5.91 Å². The van der Waals surface area contributed by atoms with Crippen molar-refractivity contribution in [3.05, 3.63) is 23.9 Å². The molecule has 0 radical (unpaired) electrons. The second-order valence-corrected chi connectivity index (χ2v) is 5.27. The highest BCUT2D eigenvalue weighted by Crippen LogP contribution is 2.26. The summed E-state index contributed by atoms with van der Waals surface area (Å²) in [6, 6.07) is 2.80. The van der Waals surface area contributed by atoms with E-state index in [9.17, 15) is 18.0 Å². The number of rotatable bonds is 5. The summed E-state index contributed by atoms with van der Waals surface area (Å²) < 4.78 is 41.3. The Labute approximate surface area is 126 Å². The van der Waals surface area contributed by atoms with Gasteiger partial charge in [0.25, 0.3) is 5.91 Å². The van der Waals surface area contributed by atoms with Crippen molar-refractivity contribution in [3.8, 4) is 5.88 Å². The number of nitrogens with one attached hydrogen (secondary N) is 1. The van der Waals surface area contributed by atoms with Gasteiger partial charge in [-0.05, 0) is 37.4 Å². The third kappa shape index (κ3) is 4.33. The normalized spacial score (nSPS) is 21.6. The molecule has 5 nitrogen and oxygen atoms in total. The smallest absolute Gasteiger partial charge is 0.422 e. The number of amides is 1. The predicted octanol–water partition coefficient (Wildman–Crippen LogP) is 1.88. The van der Waals surface area contributed by atoms with Crippen LogP contribution in [0.5, 0.6) is 5.88 Å². The molecule has 2 atom stereocenters. The molecule has 0 saturated heterocycles. The maximum atomic E-state index is 12.3. The van der Waals surface area contributed by atoms with Gasteiger partial charge in [0.05, 0.1) is 0 Å². The van der Waals surface area contributed by atoms with Crippen molar-refractivity contribution in [2.24, 2.45) is 11.7 Å². The number of hydrogen-bond donors (Lipinski definition) is 2. The molecule has 0 aromatic carbocycles. The van der Waals surface area contributed by atoms with Gasteiger partial charge in [0.2, 0.25) is 5.88 Å². The lowest BCUT2D eigenvalue weighted by molar-refractivity contribution is -0.154. The second kappa shape index (κ2) is 6.95. The topological polar surface area (TPSA) is 77.2 Å². The fraction of sp³-hybridized carbons (Fsp3) is 0.571. The molecule has 0 aliphatic heterocycles. The molecule has 1 amide bonds. The number of hydrogen-bond acceptors (Lipinski definition) is 4. The second-order valence-electron chi connectivity index (χ2n) is 5.27. The molecule has 1 heterocycles. The van der Waals surface area contributed by atoms with Crippen molar-refractivity contribution in [3.63, 3.8) is 0 Å². The minimum absolute atomic E-state index is 0.00517. The summed E-state index contributed by atoms with van der Waals surface area (Å²) in [5, 5.41) is 2.81. The van der Waals surface area contributed by atoms with Crippen LogP contribution in [0.1, 0.15) is 29.6 Å². The SMILES string of the molecule is NCC1CCCC1NC(=O)c1cccnc1OCC(F)(F)F. The lowest BCUT2D eigenvalue weighted by Gasteiger charge is -2.20. The lowest BCUT2D eigenvalue weighted by atomic mass is 10.0. The maximum absolute atomic E-state index is 12.3. The van der Waals surface area contributed by atoms with E-state index in [0.717, 1.165) is 19.3 Å². The Morgan fingerprint density at radius 2 is 2.23 bits per heavy atom. The monoisotopic (exact) mass is 317 g/mol. The van der Waals surface area contributed by atoms with Gasteiger partial charge in [-0.2, -0.15) is 13.2 Å². The molecule has 0 spiro atoms. The van der Waals surface area contributed by atoms with Gasteiger partial charge < -0.3 is 15.8 Å². The average Bonchev–Trinajstić information content (AvgIpc) is 2.91. The van der Waals surface area contributed by atoms with Crippen molar-refractivity contribution in [2.45, 2.75) is 31.5 Å². The number of ether oxygens (including phenoxy) is 1. The minimum atomic E-state index is -4.48. The van der Waals surface area contributed by atoms with Crippen LogP contribution in [0.3, 0.4) is 0 Å². The average molecular weight is 317 g/mol. The highest BCUT2D eigenvalue weighted by atomic mass is 19.4. The molecule has 122 valence electrons. The molecule has 1 fully saturated rings. The van der Waals surface area contributed by atoms with Gasteiger partial charge in [-0.15, -0.1) is 0 Å². The third-order valence-electron chi connectivity index (χ3n) is 3.67. The first-order valence-electron chi connectivity index (χ1n) is 7.06. The molecule has 1 aliphatic rings. The van der Waals surface area contributed by atoms with E-state index in [1.807, 2.05) is 0 Å². The molecule has 3 N–H and O–H groups in total. The Kier molecular flexibility index (Phi) is 5.23. The van der Waals surface area contributed by atoms with Gasteiger partial charge >= 0.3 is 6.18 Å². The first-order chi connectivity index (χ1) is 10.4. The summed E-state index contributed by atoms with van der Waals surface area (Å²) >= 11 is 0. The number of aromatic nitrogens is 1. The van der Waals surface area contributed by atoms with Crippen molar-refractivity contribution in [1.82, 2.24) is 10.3 Å². The first kappa shape index (κ1) is 16.5. The molecule has 2 unspecified atom stereocenters.